The largest absolute Gasteiger partial charge is 0.370 e. The van der Waals surface area contributed by atoms with Crippen LogP contribution in [0.5, 0.6) is 0 Å². The zero-order chi connectivity index (χ0) is 19.0. The molecule has 0 bridgehead atoms. The summed E-state index contributed by atoms with van der Waals surface area (Å²) in [6.07, 6.45) is 0.0920. The van der Waals surface area contributed by atoms with Crippen LogP contribution in [-0.4, -0.2) is 26.8 Å². The number of carbonyl (C=O) groups is 2. The Labute approximate surface area is 156 Å². The first-order chi connectivity index (χ1) is 13.1. The number of nitrogens with zero attached hydrogens (tertiary/aromatic N) is 4. The van der Waals surface area contributed by atoms with Crippen molar-refractivity contribution in [1.29, 1.82) is 0 Å². The second kappa shape index (κ2) is 6.68. The lowest BCUT2D eigenvalue weighted by atomic mass is 9.95. The molecule has 0 saturated carbocycles. The Kier molecular flexibility index (Phi) is 4.19. The van der Waals surface area contributed by atoms with Crippen LogP contribution in [0.3, 0.4) is 0 Å². The summed E-state index contributed by atoms with van der Waals surface area (Å²) >= 11 is 0. The van der Waals surface area contributed by atoms with E-state index in [0.717, 1.165) is 33.8 Å². The van der Waals surface area contributed by atoms with Crippen molar-refractivity contribution in [3.63, 3.8) is 0 Å². The summed E-state index contributed by atoms with van der Waals surface area (Å²) < 4.78 is 1.76. The first-order valence-electron chi connectivity index (χ1n) is 8.72. The molecule has 0 unspecified atom stereocenters. The lowest BCUT2D eigenvalue weighted by molar-refractivity contribution is -0.123. The molecule has 27 heavy (non-hydrogen) atoms. The standard InChI is InChI=1S/C20H19N5O2/c1-24-20-14-7-3-2-6-13(14)12-25(18(27)11-10-17(21)26)16-9-5-4-8-15(16)19(20)22-23-24/h2-9H,10-12H2,1H3,(H2,21,26). The molecule has 0 radical (unpaired) electrons. The number of aryl methyl sites for hydroxylation is 1. The van der Waals surface area contributed by atoms with Crippen molar-refractivity contribution in [2.45, 2.75) is 19.4 Å². The molecule has 0 aliphatic carbocycles. The van der Waals surface area contributed by atoms with Gasteiger partial charge < -0.3 is 10.6 Å². The van der Waals surface area contributed by atoms with Gasteiger partial charge in [0.2, 0.25) is 11.8 Å². The number of nitrogens with two attached hydrogens (primary N) is 1. The topological polar surface area (TPSA) is 94.1 Å². The lowest BCUT2D eigenvalue weighted by Crippen LogP contribution is -2.32. The normalized spacial score (nSPS) is 12.4. The number of para-hydroxylation sites is 1. The monoisotopic (exact) mass is 361 g/mol. The highest BCUT2D eigenvalue weighted by atomic mass is 16.2. The number of benzene rings is 2. The van der Waals surface area contributed by atoms with Gasteiger partial charge >= 0.3 is 0 Å². The average Bonchev–Trinajstić information content (AvgIpc) is 3.04. The molecule has 2 N–H and O–H groups in total. The highest BCUT2D eigenvalue weighted by Crippen LogP contribution is 2.40. The Morgan fingerprint density at radius 2 is 1.74 bits per heavy atom. The summed E-state index contributed by atoms with van der Waals surface area (Å²) in [5, 5.41) is 8.58. The fourth-order valence-corrected chi connectivity index (χ4v) is 3.48. The number of primary amides is 1. The Hall–Kier alpha value is -3.48. The van der Waals surface area contributed by atoms with Crippen LogP contribution in [-0.2, 0) is 23.2 Å². The maximum atomic E-state index is 12.9. The van der Waals surface area contributed by atoms with E-state index in [9.17, 15) is 9.59 Å². The van der Waals surface area contributed by atoms with Gasteiger partial charge in [0.05, 0.1) is 17.9 Å². The minimum atomic E-state index is -0.486. The summed E-state index contributed by atoms with van der Waals surface area (Å²) in [4.78, 5) is 25.8. The van der Waals surface area contributed by atoms with Crippen molar-refractivity contribution in [1.82, 2.24) is 15.0 Å². The maximum absolute atomic E-state index is 12.9. The zero-order valence-electron chi connectivity index (χ0n) is 14.9. The number of rotatable bonds is 3. The van der Waals surface area contributed by atoms with Gasteiger partial charge in [-0.2, -0.15) is 0 Å². The molecule has 0 saturated heterocycles. The minimum Gasteiger partial charge on any atom is -0.370 e. The van der Waals surface area contributed by atoms with E-state index in [2.05, 4.69) is 10.3 Å². The van der Waals surface area contributed by atoms with Gasteiger partial charge in [-0.15, -0.1) is 5.10 Å². The predicted molar refractivity (Wildman–Crippen MR) is 101 cm³/mol. The summed E-state index contributed by atoms with van der Waals surface area (Å²) in [6, 6.07) is 15.5. The summed E-state index contributed by atoms with van der Waals surface area (Å²) in [6.45, 7) is 0.398. The van der Waals surface area contributed by atoms with Crippen molar-refractivity contribution in [2.75, 3.05) is 4.90 Å². The quantitative estimate of drug-likeness (QED) is 0.774. The van der Waals surface area contributed by atoms with E-state index in [1.54, 1.807) is 9.58 Å². The third-order valence-electron chi connectivity index (χ3n) is 4.76. The van der Waals surface area contributed by atoms with Crippen molar-refractivity contribution in [2.24, 2.45) is 12.8 Å². The molecule has 1 aliphatic rings. The first kappa shape index (κ1) is 17.0. The molecule has 3 aromatic rings. The Morgan fingerprint density at radius 1 is 1.04 bits per heavy atom. The molecule has 7 nitrogen and oxygen atoms in total. The summed E-state index contributed by atoms with van der Waals surface area (Å²) in [5.41, 5.74) is 10.4. The molecule has 0 fully saturated rings. The predicted octanol–water partition coefficient (Wildman–Crippen LogP) is 2.26. The van der Waals surface area contributed by atoms with Crippen LogP contribution in [0.15, 0.2) is 48.5 Å². The molecule has 7 heteroatoms. The van der Waals surface area contributed by atoms with Crippen LogP contribution in [0.2, 0.25) is 0 Å². The molecule has 2 heterocycles. The van der Waals surface area contributed by atoms with Gasteiger partial charge in [-0.3, -0.25) is 9.59 Å². The number of anilines is 1. The molecule has 0 spiro atoms. The Balaban J connectivity index is 1.92. The van der Waals surface area contributed by atoms with Crippen molar-refractivity contribution >= 4 is 17.5 Å². The van der Waals surface area contributed by atoms with E-state index in [1.807, 2.05) is 55.6 Å². The minimum absolute atomic E-state index is 0.0234. The molecule has 1 aromatic heterocycles. The zero-order valence-corrected chi connectivity index (χ0v) is 14.9. The highest BCUT2D eigenvalue weighted by Gasteiger charge is 2.28. The fourth-order valence-electron chi connectivity index (χ4n) is 3.48. The number of hydrogen-bond acceptors (Lipinski definition) is 4. The molecule has 2 aromatic carbocycles. The number of amides is 2. The van der Waals surface area contributed by atoms with Crippen LogP contribution in [0, 0.1) is 0 Å². The van der Waals surface area contributed by atoms with E-state index in [4.69, 9.17) is 5.73 Å². The van der Waals surface area contributed by atoms with Crippen molar-refractivity contribution in [3.05, 3.63) is 54.1 Å². The molecule has 1 aliphatic heterocycles. The smallest absolute Gasteiger partial charge is 0.227 e. The molecule has 0 atom stereocenters. The van der Waals surface area contributed by atoms with Gasteiger partial charge in [0.15, 0.2) is 0 Å². The number of hydrogen-bond donors (Lipinski definition) is 1. The van der Waals surface area contributed by atoms with Crippen LogP contribution in [0.1, 0.15) is 18.4 Å². The molecular formula is C20H19N5O2. The molecular weight excluding hydrogens is 342 g/mol. The first-order valence-corrected chi connectivity index (χ1v) is 8.72. The lowest BCUT2D eigenvalue weighted by Gasteiger charge is -2.28. The second-order valence-electron chi connectivity index (χ2n) is 6.53. The second-order valence-corrected chi connectivity index (χ2v) is 6.53. The number of aromatic nitrogens is 3. The van der Waals surface area contributed by atoms with Crippen LogP contribution in [0.25, 0.3) is 22.5 Å². The van der Waals surface area contributed by atoms with E-state index < -0.39 is 5.91 Å². The molecule has 136 valence electrons. The Bertz CT molecular complexity index is 1040. The number of carbonyl (C=O) groups excluding carboxylic acids is 2. The number of fused-ring (bicyclic) bond motifs is 5. The van der Waals surface area contributed by atoms with Gasteiger partial charge in [-0.25, -0.2) is 4.68 Å². The third kappa shape index (κ3) is 2.97. The Morgan fingerprint density at radius 3 is 2.52 bits per heavy atom. The van der Waals surface area contributed by atoms with E-state index in [1.165, 1.54) is 0 Å². The van der Waals surface area contributed by atoms with Crippen LogP contribution in [0.4, 0.5) is 5.69 Å². The van der Waals surface area contributed by atoms with Crippen molar-refractivity contribution in [3.8, 4) is 22.5 Å². The van der Waals surface area contributed by atoms with Gasteiger partial charge in [0, 0.05) is 31.0 Å². The summed E-state index contributed by atoms with van der Waals surface area (Å²) in [5.74, 6) is -0.635. The SMILES string of the molecule is Cn1nnc2c1-c1ccccc1CN(C(=O)CCC(N)=O)c1ccccc1-2. The average molecular weight is 361 g/mol. The summed E-state index contributed by atoms with van der Waals surface area (Å²) in [7, 11) is 1.86. The maximum Gasteiger partial charge on any atom is 0.227 e. The van der Waals surface area contributed by atoms with E-state index in [-0.39, 0.29) is 18.7 Å². The van der Waals surface area contributed by atoms with E-state index >= 15 is 0 Å². The van der Waals surface area contributed by atoms with Crippen LogP contribution >= 0.6 is 0 Å². The van der Waals surface area contributed by atoms with Gasteiger partial charge in [-0.1, -0.05) is 47.7 Å². The van der Waals surface area contributed by atoms with Crippen molar-refractivity contribution < 1.29 is 9.59 Å². The fraction of sp³-hybridized carbons (Fsp3) is 0.200. The van der Waals surface area contributed by atoms with Gasteiger partial charge in [-0.05, 0) is 11.6 Å². The highest BCUT2D eigenvalue weighted by molar-refractivity contribution is 6.01. The van der Waals surface area contributed by atoms with Crippen LogP contribution < -0.4 is 10.6 Å². The third-order valence-corrected chi connectivity index (χ3v) is 4.76. The van der Waals surface area contributed by atoms with Gasteiger partial charge in [0.1, 0.15) is 5.69 Å². The molecule has 4 rings (SSSR count). The van der Waals surface area contributed by atoms with E-state index in [0.29, 0.717) is 6.54 Å². The van der Waals surface area contributed by atoms with Gasteiger partial charge in [0.25, 0.3) is 0 Å². The molecule has 2 amide bonds.